The molecule has 0 amide bonds. The van der Waals surface area contributed by atoms with Crippen LogP contribution in [0.5, 0.6) is 0 Å². The molecule has 0 bridgehead atoms. The first-order valence-corrected chi connectivity index (χ1v) is 7.85. The summed E-state index contributed by atoms with van der Waals surface area (Å²) < 4.78 is 0. The number of nitro benzene ring substituents is 1. The largest absolute Gasteiger partial charge is 0.375 e. The Morgan fingerprint density at radius 1 is 1.53 bits per heavy atom. The highest BCUT2D eigenvalue weighted by atomic mass is 35.5. The average Bonchev–Trinajstić information content (AvgIpc) is 2.79. The molecule has 104 valence electrons. The Morgan fingerprint density at radius 3 is 3.00 bits per heavy atom. The summed E-state index contributed by atoms with van der Waals surface area (Å²) in [5, 5.41) is 15.4. The molecule has 4 nitrogen and oxygen atoms in total. The molecular weight excluding hydrogens is 284 g/mol. The highest BCUT2D eigenvalue weighted by Crippen LogP contribution is 2.36. The average molecular weight is 301 g/mol. The fourth-order valence-electron chi connectivity index (χ4n) is 2.47. The van der Waals surface area contributed by atoms with Crippen molar-refractivity contribution in [1.82, 2.24) is 0 Å². The van der Waals surface area contributed by atoms with Crippen LogP contribution in [0.1, 0.15) is 26.2 Å². The number of benzene rings is 1. The van der Waals surface area contributed by atoms with Crippen LogP contribution in [0.3, 0.4) is 0 Å². The predicted molar refractivity (Wildman–Crippen MR) is 81.3 cm³/mol. The lowest BCUT2D eigenvalue weighted by Crippen LogP contribution is -2.17. The molecule has 1 fully saturated rings. The van der Waals surface area contributed by atoms with E-state index in [1.165, 1.54) is 6.07 Å². The fraction of sp³-hybridized carbons (Fsp3) is 0.538. The molecule has 19 heavy (non-hydrogen) atoms. The Bertz CT molecular complexity index is 470. The van der Waals surface area contributed by atoms with Crippen molar-refractivity contribution in [2.24, 2.45) is 0 Å². The zero-order chi connectivity index (χ0) is 13.8. The van der Waals surface area contributed by atoms with Crippen molar-refractivity contribution in [3.8, 4) is 0 Å². The van der Waals surface area contributed by atoms with Gasteiger partial charge < -0.3 is 5.32 Å². The van der Waals surface area contributed by atoms with Gasteiger partial charge in [0.05, 0.1) is 9.95 Å². The number of thioether (sulfide) groups is 1. The second-order valence-corrected chi connectivity index (χ2v) is 6.61. The van der Waals surface area contributed by atoms with Crippen molar-refractivity contribution in [3.63, 3.8) is 0 Å². The molecule has 1 aliphatic rings. The third-order valence-electron chi connectivity index (χ3n) is 3.32. The van der Waals surface area contributed by atoms with E-state index < -0.39 is 0 Å². The molecule has 1 aromatic carbocycles. The molecule has 0 radical (unpaired) electrons. The van der Waals surface area contributed by atoms with E-state index in [-0.39, 0.29) is 16.7 Å². The lowest BCUT2D eigenvalue weighted by atomic mass is 10.2. The Hall–Kier alpha value is -0.940. The van der Waals surface area contributed by atoms with Gasteiger partial charge in [-0.2, -0.15) is 11.8 Å². The van der Waals surface area contributed by atoms with Gasteiger partial charge in [-0.25, -0.2) is 0 Å². The highest BCUT2D eigenvalue weighted by molar-refractivity contribution is 7.99. The van der Waals surface area contributed by atoms with Crippen molar-refractivity contribution >= 4 is 34.7 Å². The number of hydrogen-bond acceptors (Lipinski definition) is 4. The van der Waals surface area contributed by atoms with Gasteiger partial charge in [0.2, 0.25) is 0 Å². The summed E-state index contributed by atoms with van der Waals surface area (Å²) in [5.41, 5.74) is 0.514. The number of anilines is 1. The van der Waals surface area contributed by atoms with Crippen LogP contribution < -0.4 is 5.32 Å². The van der Waals surface area contributed by atoms with Crippen LogP contribution in [0, 0.1) is 10.1 Å². The molecule has 2 rings (SSSR count). The zero-order valence-corrected chi connectivity index (χ0v) is 12.3. The van der Waals surface area contributed by atoms with Crippen LogP contribution >= 0.6 is 23.4 Å². The molecule has 2 unspecified atom stereocenters. The Balaban J connectivity index is 2.09. The number of halogens is 1. The third kappa shape index (κ3) is 3.54. The topological polar surface area (TPSA) is 55.2 Å². The number of nitro groups is 1. The van der Waals surface area contributed by atoms with E-state index in [1.807, 2.05) is 11.8 Å². The van der Waals surface area contributed by atoms with E-state index >= 15 is 0 Å². The van der Waals surface area contributed by atoms with Gasteiger partial charge in [0.25, 0.3) is 5.69 Å². The molecule has 0 saturated heterocycles. The molecule has 0 heterocycles. The van der Waals surface area contributed by atoms with Gasteiger partial charge in [0, 0.05) is 17.4 Å². The van der Waals surface area contributed by atoms with Crippen molar-refractivity contribution in [2.75, 3.05) is 11.1 Å². The van der Waals surface area contributed by atoms with Crippen LogP contribution in [0.15, 0.2) is 18.2 Å². The lowest BCUT2D eigenvalue weighted by Gasteiger charge is -2.15. The van der Waals surface area contributed by atoms with Crippen molar-refractivity contribution in [2.45, 2.75) is 37.5 Å². The maximum Gasteiger partial charge on any atom is 0.293 e. The van der Waals surface area contributed by atoms with Gasteiger partial charge in [-0.15, -0.1) is 0 Å². The van der Waals surface area contributed by atoms with Crippen LogP contribution in [-0.2, 0) is 0 Å². The molecule has 6 heteroatoms. The molecule has 1 aromatic rings. The van der Waals surface area contributed by atoms with E-state index in [4.69, 9.17) is 11.6 Å². The number of para-hydroxylation sites is 1. The Kier molecular flexibility index (Phi) is 4.93. The van der Waals surface area contributed by atoms with Gasteiger partial charge in [-0.3, -0.25) is 10.1 Å². The minimum atomic E-state index is -0.387. The van der Waals surface area contributed by atoms with Crippen molar-refractivity contribution in [1.29, 1.82) is 0 Å². The third-order valence-corrected chi connectivity index (χ3v) is 4.87. The maximum absolute atomic E-state index is 11.0. The number of hydrogen-bond donors (Lipinski definition) is 1. The van der Waals surface area contributed by atoms with Crippen LogP contribution in [-0.4, -0.2) is 22.0 Å². The second-order valence-electron chi connectivity index (χ2n) is 4.62. The normalized spacial score (nSPS) is 22.4. The summed E-state index contributed by atoms with van der Waals surface area (Å²) in [6.45, 7) is 2.16. The van der Waals surface area contributed by atoms with Gasteiger partial charge in [-0.1, -0.05) is 24.6 Å². The fourth-order valence-corrected chi connectivity index (χ4v) is 3.84. The van der Waals surface area contributed by atoms with E-state index in [2.05, 4.69) is 12.2 Å². The minimum Gasteiger partial charge on any atom is -0.375 e. The quantitative estimate of drug-likeness (QED) is 0.649. The first-order chi connectivity index (χ1) is 9.11. The van der Waals surface area contributed by atoms with Gasteiger partial charge in [-0.05, 0) is 31.1 Å². The molecule has 1 aliphatic carbocycles. The second kappa shape index (κ2) is 6.48. The van der Waals surface area contributed by atoms with E-state index in [1.54, 1.807) is 12.1 Å². The van der Waals surface area contributed by atoms with E-state index in [0.717, 1.165) is 25.0 Å². The number of nitrogens with one attached hydrogen (secondary N) is 1. The summed E-state index contributed by atoms with van der Waals surface area (Å²) in [4.78, 5) is 10.6. The van der Waals surface area contributed by atoms with Crippen molar-refractivity contribution in [3.05, 3.63) is 33.3 Å². The monoisotopic (exact) mass is 300 g/mol. The van der Waals surface area contributed by atoms with Crippen LogP contribution in [0.25, 0.3) is 0 Å². The number of rotatable bonds is 5. The summed E-state index contributed by atoms with van der Waals surface area (Å²) >= 11 is 8.04. The Morgan fingerprint density at radius 2 is 2.32 bits per heavy atom. The van der Waals surface area contributed by atoms with E-state index in [9.17, 15) is 10.1 Å². The molecular formula is C13H17ClN2O2S. The number of nitrogens with zero attached hydrogens (tertiary/aromatic N) is 1. The van der Waals surface area contributed by atoms with Crippen LogP contribution in [0.4, 0.5) is 11.4 Å². The summed E-state index contributed by atoms with van der Waals surface area (Å²) in [7, 11) is 0. The van der Waals surface area contributed by atoms with Crippen LogP contribution in [0.2, 0.25) is 5.02 Å². The first-order valence-electron chi connectivity index (χ1n) is 6.42. The smallest absolute Gasteiger partial charge is 0.293 e. The van der Waals surface area contributed by atoms with E-state index in [0.29, 0.717) is 16.0 Å². The molecule has 2 atom stereocenters. The molecule has 0 aliphatic heterocycles. The molecule has 1 N–H and O–H groups in total. The van der Waals surface area contributed by atoms with Gasteiger partial charge in [0.15, 0.2) is 0 Å². The standard InChI is InChI=1S/C13H17ClN2O2S/c1-2-19-10-7-6-9(8-10)15-13-11(14)4-3-5-12(13)16(17)18/h3-5,9-10,15H,2,6-8H2,1H3. The van der Waals surface area contributed by atoms with Crippen molar-refractivity contribution < 1.29 is 4.92 Å². The molecule has 0 aromatic heterocycles. The molecule has 1 saturated carbocycles. The summed E-state index contributed by atoms with van der Waals surface area (Å²) in [6.07, 6.45) is 3.25. The molecule has 0 spiro atoms. The lowest BCUT2D eigenvalue weighted by molar-refractivity contribution is -0.384. The van der Waals surface area contributed by atoms with Gasteiger partial charge >= 0.3 is 0 Å². The zero-order valence-electron chi connectivity index (χ0n) is 10.8. The summed E-state index contributed by atoms with van der Waals surface area (Å²) in [5.74, 6) is 1.11. The Labute approximate surface area is 122 Å². The maximum atomic E-state index is 11.0. The minimum absolute atomic E-state index is 0.0547. The SMILES string of the molecule is CCSC1CCC(Nc2c(Cl)cccc2[N+](=O)[O-])C1. The highest BCUT2D eigenvalue weighted by Gasteiger charge is 2.27. The summed E-state index contributed by atoms with van der Waals surface area (Å²) in [6, 6.07) is 5.06. The first kappa shape index (κ1) is 14.5. The predicted octanol–water partition coefficient (Wildman–Crippen LogP) is 4.33. The van der Waals surface area contributed by atoms with Gasteiger partial charge in [0.1, 0.15) is 5.69 Å².